The van der Waals surface area contributed by atoms with Crippen molar-refractivity contribution in [3.63, 3.8) is 0 Å². The van der Waals surface area contributed by atoms with Gasteiger partial charge in [-0.05, 0) is 36.4 Å². The summed E-state index contributed by atoms with van der Waals surface area (Å²) in [7, 11) is 0. The van der Waals surface area contributed by atoms with Crippen molar-refractivity contribution in [1.29, 1.82) is 0 Å². The van der Waals surface area contributed by atoms with E-state index in [0.29, 0.717) is 0 Å². The highest BCUT2D eigenvalue weighted by atomic mass is 19.2. The summed E-state index contributed by atoms with van der Waals surface area (Å²) < 4.78 is 53.3. The number of nitrogens with zero attached hydrogens (tertiary/aromatic N) is 1. The van der Waals surface area contributed by atoms with Crippen LogP contribution in [0.3, 0.4) is 0 Å². The fourth-order valence-electron chi connectivity index (χ4n) is 2.15. The SMILES string of the molecule is O=C(Nc1ccc(Nc2ccc(F)c(F)c2F)cn1)c1ccccc1F. The zero-order valence-electron chi connectivity index (χ0n) is 13.1. The van der Waals surface area contributed by atoms with Gasteiger partial charge in [-0.3, -0.25) is 4.79 Å². The number of nitrogens with one attached hydrogen (secondary N) is 2. The molecule has 3 aromatic rings. The first-order chi connectivity index (χ1) is 12.5. The van der Waals surface area contributed by atoms with Gasteiger partial charge in [0.2, 0.25) is 0 Å². The lowest BCUT2D eigenvalue weighted by molar-refractivity contribution is 0.102. The van der Waals surface area contributed by atoms with Crippen LogP contribution in [0.5, 0.6) is 0 Å². The molecular formula is C18H11F4N3O. The van der Waals surface area contributed by atoms with Crippen molar-refractivity contribution in [2.75, 3.05) is 10.6 Å². The molecule has 0 radical (unpaired) electrons. The Kier molecular flexibility index (Phi) is 4.83. The molecule has 0 aliphatic rings. The van der Waals surface area contributed by atoms with Gasteiger partial charge in [0.15, 0.2) is 17.5 Å². The highest BCUT2D eigenvalue weighted by Gasteiger charge is 2.14. The summed E-state index contributed by atoms with van der Waals surface area (Å²) in [4.78, 5) is 15.9. The third kappa shape index (κ3) is 3.64. The predicted octanol–water partition coefficient (Wildman–Crippen LogP) is 4.63. The molecule has 0 aliphatic carbocycles. The van der Waals surface area contributed by atoms with E-state index in [4.69, 9.17) is 0 Å². The van der Waals surface area contributed by atoms with Crippen LogP contribution in [0.1, 0.15) is 10.4 Å². The van der Waals surface area contributed by atoms with Gasteiger partial charge in [0.25, 0.3) is 5.91 Å². The maximum Gasteiger partial charge on any atom is 0.259 e. The van der Waals surface area contributed by atoms with E-state index < -0.39 is 29.2 Å². The minimum atomic E-state index is -1.59. The number of hydrogen-bond donors (Lipinski definition) is 2. The fourth-order valence-corrected chi connectivity index (χ4v) is 2.15. The highest BCUT2D eigenvalue weighted by Crippen LogP contribution is 2.23. The van der Waals surface area contributed by atoms with Crippen molar-refractivity contribution in [2.24, 2.45) is 0 Å². The largest absolute Gasteiger partial charge is 0.352 e. The molecule has 132 valence electrons. The van der Waals surface area contributed by atoms with Crippen LogP contribution in [-0.2, 0) is 0 Å². The molecule has 8 heteroatoms. The number of halogens is 4. The molecule has 1 heterocycles. The molecule has 2 aromatic carbocycles. The number of amides is 1. The molecule has 4 nitrogen and oxygen atoms in total. The summed E-state index contributed by atoms with van der Waals surface area (Å²) in [6.07, 6.45) is 1.25. The molecular weight excluding hydrogens is 350 g/mol. The van der Waals surface area contributed by atoms with Gasteiger partial charge in [-0.1, -0.05) is 12.1 Å². The minimum Gasteiger partial charge on any atom is -0.352 e. The summed E-state index contributed by atoms with van der Waals surface area (Å²) in [5, 5.41) is 4.96. The van der Waals surface area contributed by atoms with E-state index in [1.807, 2.05) is 0 Å². The number of carbonyl (C=O) groups is 1. The van der Waals surface area contributed by atoms with Crippen LogP contribution in [0, 0.1) is 23.3 Å². The third-order valence-electron chi connectivity index (χ3n) is 3.44. The summed E-state index contributed by atoms with van der Waals surface area (Å²) >= 11 is 0. The normalized spacial score (nSPS) is 10.5. The molecule has 1 aromatic heterocycles. The van der Waals surface area contributed by atoms with Gasteiger partial charge in [0.1, 0.15) is 11.6 Å². The molecule has 0 unspecified atom stereocenters. The first-order valence-electron chi connectivity index (χ1n) is 7.38. The smallest absolute Gasteiger partial charge is 0.259 e. The second kappa shape index (κ2) is 7.22. The predicted molar refractivity (Wildman–Crippen MR) is 88.2 cm³/mol. The van der Waals surface area contributed by atoms with Gasteiger partial charge in [-0.2, -0.15) is 0 Å². The number of hydrogen-bond acceptors (Lipinski definition) is 3. The van der Waals surface area contributed by atoms with E-state index in [9.17, 15) is 22.4 Å². The van der Waals surface area contributed by atoms with Gasteiger partial charge in [-0.15, -0.1) is 0 Å². The van der Waals surface area contributed by atoms with Crippen LogP contribution < -0.4 is 10.6 Å². The fraction of sp³-hybridized carbons (Fsp3) is 0. The zero-order chi connectivity index (χ0) is 18.7. The average molecular weight is 361 g/mol. The number of carbonyl (C=O) groups excluding carboxylic acids is 1. The van der Waals surface area contributed by atoms with Crippen LogP contribution in [0.2, 0.25) is 0 Å². The standard InChI is InChI=1S/C18H11F4N3O/c19-12-4-2-1-3-11(12)18(26)25-15-8-5-10(9-23-15)24-14-7-6-13(20)16(21)17(14)22/h1-9,24H,(H,23,25,26). The van der Waals surface area contributed by atoms with E-state index in [1.54, 1.807) is 0 Å². The minimum absolute atomic E-state index is 0.134. The zero-order valence-corrected chi connectivity index (χ0v) is 13.1. The van der Waals surface area contributed by atoms with E-state index in [0.717, 1.165) is 18.2 Å². The molecule has 0 fully saturated rings. The molecule has 0 bridgehead atoms. The monoisotopic (exact) mass is 361 g/mol. The van der Waals surface area contributed by atoms with Gasteiger partial charge in [0, 0.05) is 0 Å². The van der Waals surface area contributed by atoms with E-state index in [1.165, 1.54) is 36.5 Å². The lowest BCUT2D eigenvalue weighted by Crippen LogP contribution is -2.14. The van der Waals surface area contributed by atoms with Crippen LogP contribution >= 0.6 is 0 Å². The molecule has 26 heavy (non-hydrogen) atoms. The lowest BCUT2D eigenvalue weighted by Gasteiger charge is -2.09. The summed E-state index contributed by atoms with van der Waals surface area (Å²) in [5.41, 5.74) is -0.131. The van der Waals surface area contributed by atoms with Crippen molar-refractivity contribution in [3.8, 4) is 0 Å². The van der Waals surface area contributed by atoms with Gasteiger partial charge in [0.05, 0.1) is 23.1 Å². The summed E-state index contributed by atoms with van der Waals surface area (Å²) in [5.74, 6) is -5.45. The molecule has 2 N–H and O–H groups in total. The van der Waals surface area contributed by atoms with Crippen LogP contribution in [0.4, 0.5) is 34.8 Å². The molecule has 0 saturated heterocycles. The Morgan fingerprint density at radius 3 is 2.31 bits per heavy atom. The molecule has 0 atom stereocenters. The van der Waals surface area contributed by atoms with Crippen LogP contribution in [0.15, 0.2) is 54.7 Å². The number of aromatic nitrogens is 1. The Morgan fingerprint density at radius 2 is 1.62 bits per heavy atom. The highest BCUT2D eigenvalue weighted by molar-refractivity contribution is 6.03. The summed E-state index contributed by atoms with van der Waals surface area (Å²) in [6.45, 7) is 0. The Bertz CT molecular complexity index is 961. The van der Waals surface area contributed by atoms with Gasteiger partial charge in [-0.25, -0.2) is 22.5 Å². The number of anilines is 3. The second-order valence-electron chi connectivity index (χ2n) is 5.21. The first-order valence-corrected chi connectivity index (χ1v) is 7.38. The average Bonchev–Trinajstić information content (AvgIpc) is 2.64. The van der Waals surface area contributed by atoms with Crippen molar-refractivity contribution in [2.45, 2.75) is 0 Å². The number of rotatable bonds is 4. The first kappa shape index (κ1) is 17.4. The Balaban J connectivity index is 1.72. The maximum atomic E-state index is 13.6. The number of benzene rings is 2. The Hall–Kier alpha value is -3.42. The van der Waals surface area contributed by atoms with Gasteiger partial charge < -0.3 is 10.6 Å². The second-order valence-corrected chi connectivity index (χ2v) is 5.21. The topological polar surface area (TPSA) is 54.0 Å². The van der Waals surface area contributed by atoms with Crippen molar-refractivity contribution < 1.29 is 22.4 Å². The van der Waals surface area contributed by atoms with Crippen molar-refractivity contribution >= 4 is 23.1 Å². The molecule has 3 rings (SSSR count). The summed E-state index contributed by atoms with van der Waals surface area (Å²) in [6, 6.07) is 10.1. The molecule has 0 spiro atoms. The third-order valence-corrected chi connectivity index (χ3v) is 3.44. The lowest BCUT2D eigenvalue weighted by atomic mass is 10.2. The molecule has 0 saturated carbocycles. The van der Waals surface area contributed by atoms with E-state index >= 15 is 0 Å². The van der Waals surface area contributed by atoms with E-state index in [-0.39, 0.29) is 22.8 Å². The van der Waals surface area contributed by atoms with Gasteiger partial charge >= 0.3 is 0 Å². The van der Waals surface area contributed by atoms with Crippen molar-refractivity contribution in [1.82, 2.24) is 4.98 Å². The Morgan fingerprint density at radius 1 is 0.846 bits per heavy atom. The Labute approximate surface area is 145 Å². The van der Waals surface area contributed by atoms with Crippen LogP contribution in [-0.4, -0.2) is 10.9 Å². The van der Waals surface area contributed by atoms with Crippen LogP contribution in [0.25, 0.3) is 0 Å². The molecule has 0 aliphatic heterocycles. The molecule has 1 amide bonds. The quantitative estimate of drug-likeness (QED) is 0.526. The van der Waals surface area contributed by atoms with E-state index in [2.05, 4.69) is 15.6 Å². The maximum absolute atomic E-state index is 13.6. The van der Waals surface area contributed by atoms with Crippen molar-refractivity contribution in [3.05, 3.63) is 83.6 Å². The number of pyridine rings is 1.